The van der Waals surface area contributed by atoms with Gasteiger partial charge in [0.1, 0.15) is 23.4 Å². The molecule has 2 rings (SSSR count). The molecule has 0 aromatic heterocycles. The highest BCUT2D eigenvalue weighted by atomic mass is 35.5. The first kappa shape index (κ1) is 15.7. The van der Waals surface area contributed by atoms with E-state index in [0.29, 0.717) is 10.6 Å². The average molecular weight is 305 g/mol. The fourth-order valence-electron chi connectivity index (χ4n) is 2.93. The molecule has 0 heterocycles. The van der Waals surface area contributed by atoms with E-state index in [9.17, 15) is 25.5 Å². The van der Waals surface area contributed by atoms with Gasteiger partial charge in [0.25, 0.3) is 0 Å². The van der Waals surface area contributed by atoms with Crippen molar-refractivity contribution in [1.29, 1.82) is 0 Å². The fraction of sp³-hybridized carbons (Fsp3) is 0.538. The van der Waals surface area contributed by atoms with Crippen molar-refractivity contribution < 1.29 is 30.6 Å². The van der Waals surface area contributed by atoms with Crippen LogP contribution >= 0.6 is 11.6 Å². The lowest BCUT2D eigenvalue weighted by atomic mass is 9.51. The normalized spacial score (nSPS) is 38.4. The maximum atomic E-state index is 10.4. The number of hydrogen-bond donors (Lipinski definition) is 6. The van der Waals surface area contributed by atoms with Crippen molar-refractivity contribution in [2.75, 3.05) is 13.2 Å². The second-order valence-electron chi connectivity index (χ2n) is 5.12. The molecule has 1 aromatic rings. The molecule has 6 N–H and O–H groups in total. The van der Waals surface area contributed by atoms with Gasteiger partial charge in [-0.15, -0.1) is 0 Å². The largest absolute Gasteiger partial charge is 0.394 e. The Labute approximate surface area is 120 Å². The zero-order chi connectivity index (χ0) is 15.1. The number of aliphatic hydroxyl groups excluding tert-OH is 4. The Morgan fingerprint density at radius 2 is 1.70 bits per heavy atom. The third-order valence-electron chi connectivity index (χ3n) is 4.04. The number of halogens is 1. The van der Waals surface area contributed by atoms with Crippen LogP contribution < -0.4 is 0 Å². The summed E-state index contributed by atoms with van der Waals surface area (Å²) in [5.74, 6) is -1.16. The molecular formula is C13H17ClO6. The topological polar surface area (TPSA) is 121 Å². The molecule has 0 bridgehead atoms. The molecule has 1 saturated carbocycles. The quantitative estimate of drug-likeness (QED) is 0.407. The molecule has 1 fully saturated rings. The number of hydrogen-bond acceptors (Lipinski definition) is 6. The summed E-state index contributed by atoms with van der Waals surface area (Å²) in [6.07, 6.45) is -3.45. The Hall–Kier alpha value is -0.730. The van der Waals surface area contributed by atoms with Crippen LogP contribution in [-0.2, 0) is 0 Å². The second-order valence-corrected chi connectivity index (χ2v) is 5.56. The molecule has 20 heavy (non-hydrogen) atoms. The van der Waals surface area contributed by atoms with E-state index in [-0.39, 0.29) is 0 Å². The van der Waals surface area contributed by atoms with E-state index in [0.717, 1.165) is 0 Å². The monoisotopic (exact) mass is 304 g/mol. The maximum absolute atomic E-state index is 10.4. The number of rotatable bonds is 4. The summed E-state index contributed by atoms with van der Waals surface area (Å²) >= 11 is 5.76. The van der Waals surface area contributed by atoms with Gasteiger partial charge in [-0.3, -0.25) is 0 Å². The van der Waals surface area contributed by atoms with Crippen LogP contribution in [0.4, 0.5) is 0 Å². The SMILES string of the molecule is OC[C@@H](O)[C@]1(O)C(c2ccc(Cl)cc2)[C@](O)(CO)[C@H]1O. The Bertz CT molecular complexity index is 480. The highest BCUT2D eigenvalue weighted by molar-refractivity contribution is 6.30. The summed E-state index contributed by atoms with van der Waals surface area (Å²) in [7, 11) is 0. The summed E-state index contributed by atoms with van der Waals surface area (Å²) in [4.78, 5) is 0. The molecular weight excluding hydrogens is 288 g/mol. The molecule has 0 saturated heterocycles. The molecule has 6 nitrogen and oxygen atoms in total. The van der Waals surface area contributed by atoms with Crippen molar-refractivity contribution in [3.05, 3.63) is 34.9 Å². The van der Waals surface area contributed by atoms with Gasteiger partial charge in [0.2, 0.25) is 0 Å². The van der Waals surface area contributed by atoms with Gasteiger partial charge in [-0.25, -0.2) is 0 Å². The van der Waals surface area contributed by atoms with E-state index < -0.39 is 42.5 Å². The first-order valence-electron chi connectivity index (χ1n) is 6.10. The van der Waals surface area contributed by atoms with Gasteiger partial charge in [-0.1, -0.05) is 23.7 Å². The first-order valence-corrected chi connectivity index (χ1v) is 6.48. The van der Waals surface area contributed by atoms with Crippen LogP contribution in [0.5, 0.6) is 0 Å². The fourth-order valence-corrected chi connectivity index (χ4v) is 3.06. The summed E-state index contributed by atoms with van der Waals surface area (Å²) in [5.41, 5.74) is -3.77. The first-order chi connectivity index (χ1) is 9.32. The van der Waals surface area contributed by atoms with Crippen molar-refractivity contribution in [1.82, 2.24) is 0 Å². The van der Waals surface area contributed by atoms with Crippen LogP contribution in [0.3, 0.4) is 0 Å². The van der Waals surface area contributed by atoms with Crippen LogP contribution in [-0.4, -0.2) is 67.3 Å². The van der Waals surface area contributed by atoms with Crippen molar-refractivity contribution in [2.45, 2.75) is 29.3 Å². The van der Waals surface area contributed by atoms with Gasteiger partial charge < -0.3 is 30.6 Å². The van der Waals surface area contributed by atoms with Gasteiger partial charge in [0.15, 0.2) is 0 Å². The van der Waals surface area contributed by atoms with Gasteiger partial charge in [0.05, 0.1) is 19.1 Å². The molecule has 1 aliphatic carbocycles. The van der Waals surface area contributed by atoms with Crippen LogP contribution in [0.15, 0.2) is 24.3 Å². The minimum atomic E-state index is -2.15. The highest BCUT2D eigenvalue weighted by Gasteiger charge is 2.73. The second kappa shape index (κ2) is 5.23. The van der Waals surface area contributed by atoms with E-state index in [1.165, 1.54) is 24.3 Å². The summed E-state index contributed by atoms with van der Waals surface area (Å²) in [5, 5.41) is 59.1. The van der Waals surface area contributed by atoms with Gasteiger partial charge in [-0.05, 0) is 17.7 Å². The van der Waals surface area contributed by atoms with Crippen molar-refractivity contribution in [3.63, 3.8) is 0 Å². The minimum Gasteiger partial charge on any atom is -0.394 e. The lowest BCUT2D eigenvalue weighted by Gasteiger charge is -2.61. The van der Waals surface area contributed by atoms with E-state index in [1.54, 1.807) is 0 Å². The molecule has 5 atom stereocenters. The summed E-state index contributed by atoms with van der Waals surface area (Å²) in [6.45, 7) is -1.60. The van der Waals surface area contributed by atoms with Gasteiger partial charge >= 0.3 is 0 Å². The smallest absolute Gasteiger partial charge is 0.131 e. The molecule has 0 aliphatic heterocycles. The zero-order valence-corrected chi connectivity index (χ0v) is 11.3. The standard InChI is InChI=1S/C13H17ClO6/c14-8-3-1-7(2-4-8)10-12(19,6-16)11(18)13(10,20)9(17)5-15/h1-4,9-11,15-20H,5-6H2/t9-,10?,11-,12-,13+/m1/s1. The molecule has 1 unspecified atom stereocenters. The molecule has 0 amide bonds. The van der Waals surface area contributed by atoms with Crippen molar-refractivity contribution >= 4 is 11.6 Å². The van der Waals surface area contributed by atoms with Crippen LogP contribution in [0, 0.1) is 0 Å². The summed E-state index contributed by atoms with van der Waals surface area (Å²) < 4.78 is 0. The zero-order valence-electron chi connectivity index (χ0n) is 10.5. The number of benzene rings is 1. The third-order valence-corrected chi connectivity index (χ3v) is 4.29. The molecule has 112 valence electrons. The Balaban J connectivity index is 2.46. The Kier molecular flexibility index (Phi) is 4.10. The van der Waals surface area contributed by atoms with Gasteiger partial charge in [0, 0.05) is 5.02 Å². The summed E-state index contributed by atoms with van der Waals surface area (Å²) in [6, 6.07) is 6.05. The van der Waals surface area contributed by atoms with Crippen LogP contribution in [0.2, 0.25) is 5.02 Å². The van der Waals surface area contributed by atoms with E-state index >= 15 is 0 Å². The number of aliphatic hydroxyl groups is 6. The van der Waals surface area contributed by atoms with E-state index in [2.05, 4.69) is 0 Å². The average Bonchev–Trinajstić information content (AvgIpc) is 2.47. The van der Waals surface area contributed by atoms with E-state index in [4.69, 9.17) is 16.7 Å². The lowest BCUT2D eigenvalue weighted by molar-refractivity contribution is -0.327. The van der Waals surface area contributed by atoms with Crippen LogP contribution in [0.25, 0.3) is 0 Å². The molecule has 0 spiro atoms. The highest BCUT2D eigenvalue weighted by Crippen LogP contribution is 2.55. The van der Waals surface area contributed by atoms with Crippen molar-refractivity contribution in [3.8, 4) is 0 Å². The minimum absolute atomic E-state index is 0.381. The third kappa shape index (κ3) is 1.96. The molecule has 1 aliphatic rings. The van der Waals surface area contributed by atoms with E-state index in [1.807, 2.05) is 0 Å². The molecule has 7 heteroatoms. The molecule has 0 radical (unpaired) electrons. The Morgan fingerprint density at radius 3 is 2.15 bits per heavy atom. The predicted molar refractivity (Wildman–Crippen MR) is 70.3 cm³/mol. The van der Waals surface area contributed by atoms with Gasteiger partial charge in [-0.2, -0.15) is 0 Å². The Morgan fingerprint density at radius 1 is 1.15 bits per heavy atom. The lowest BCUT2D eigenvalue weighted by Crippen LogP contribution is -2.81. The maximum Gasteiger partial charge on any atom is 0.131 e. The van der Waals surface area contributed by atoms with Crippen molar-refractivity contribution in [2.24, 2.45) is 0 Å². The van der Waals surface area contributed by atoms with Crippen LogP contribution in [0.1, 0.15) is 11.5 Å². The predicted octanol–water partition coefficient (Wildman–Crippen LogP) is -1.39. The molecule has 1 aromatic carbocycles.